The van der Waals surface area contributed by atoms with Crippen molar-refractivity contribution < 1.29 is 4.39 Å². The number of anilines is 1. The van der Waals surface area contributed by atoms with E-state index < -0.39 is 0 Å². The average Bonchev–Trinajstić information content (AvgIpc) is 2.37. The van der Waals surface area contributed by atoms with Gasteiger partial charge < -0.3 is 4.90 Å². The molecule has 0 heterocycles. The molecular weight excluding hydrogens is 249 g/mol. The van der Waals surface area contributed by atoms with Gasteiger partial charge in [-0.25, -0.2) is 4.39 Å². The fourth-order valence-corrected chi connectivity index (χ4v) is 3.03. The molecule has 0 aliphatic heterocycles. The highest BCUT2D eigenvalue weighted by molar-refractivity contribution is 6.17. The van der Waals surface area contributed by atoms with Gasteiger partial charge in [-0.05, 0) is 42.5 Å². The Kier molecular flexibility index (Phi) is 4.50. The molecular formula is C15H21ClFN. The zero-order chi connectivity index (χ0) is 13.1. The van der Waals surface area contributed by atoms with Crippen molar-refractivity contribution in [2.24, 2.45) is 5.92 Å². The molecule has 0 bridgehead atoms. The van der Waals surface area contributed by atoms with Gasteiger partial charge in [0.15, 0.2) is 0 Å². The van der Waals surface area contributed by atoms with Gasteiger partial charge in [0.25, 0.3) is 0 Å². The molecule has 0 spiro atoms. The van der Waals surface area contributed by atoms with Crippen LogP contribution in [0.5, 0.6) is 0 Å². The Balaban J connectivity index is 2.16. The lowest BCUT2D eigenvalue weighted by atomic mass is 9.86. The van der Waals surface area contributed by atoms with Gasteiger partial charge in [-0.15, -0.1) is 11.6 Å². The predicted molar refractivity (Wildman–Crippen MR) is 75.8 cm³/mol. The second kappa shape index (κ2) is 5.92. The maximum absolute atomic E-state index is 13.5. The second-order valence-corrected chi connectivity index (χ2v) is 5.76. The summed E-state index contributed by atoms with van der Waals surface area (Å²) in [5.74, 6) is 0.936. The first-order chi connectivity index (χ1) is 8.60. The Morgan fingerprint density at radius 2 is 2.11 bits per heavy atom. The van der Waals surface area contributed by atoms with Gasteiger partial charge in [-0.2, -0.15) is 0 Å². The third-order valence-corrected chi connectivity index (χ3v) is 4.27. The molecule has 2 atom stereocenters. The van der Waals surface area contributed by atoms with Crippen LogP contribution in [0.4, 0.5) is 10.1 Å². The van der Waals surface area contributed by atoms with E-state index in [-0.39, 0.29) is 5.82 Å². The quantitative estimate of drug-likeness (QED) is 0.726. The molecule has 1 aliphatic rings. The van der Waals surface area contributed by atoms with Crippen molar-refractivity contribution in [3.05, 3.63) is 29.6 Å². The van der Waals surface area contributed by atoms with E-state index in [1.807, 2.05) is 6.07 Å². The summed E-state index contributed by atoms with van der Waals surface area (Å²) in [6.07, 6.45) is 4.99. The molecule has 100 valence electrons. The number of hydrogen-bond acceptors (Lipinski definition) is 1. The van der Waals surface area contributed by atoms with Crippen molar-refractivity contribution in [3.8, 4) is 0 Å². The first-order valence-corrected chi connectivity index (χ1v) is 7.22. The predicted octanol–water partition coefficient (Wildman–Crippen LogP) is 4.58. The topological polar surface area (TPSA) is 3.24 Å². The smallest absolute Gasteiger partial charge is 0.125 e. The van der Waals surface area contributed by atoms with Crippen molar-refractivity contribution in [3.63, 3.8) is 0 Å². The Morgan fingerprint density at radius 3 is 2.78 bits per heavy atom. The van der Waals surface area contributed by atoms with E-state index in [4.69, 9.17) is 11.6 Å². The molecule has 18 heavy (non-hydrogen) atoms. The van der Waals surface area contributed by atoms with Crippen molar-refractivity contribution in [2.75, 3.05) is 11.9 Å². The number of hydrogen-bond donors (Lipinski definition) is 0. The number of nitrogens with zero attached hydrogens (tertiary/aromatic N) is 1. The summed E-state index contributed by atoms with van der Waals surface area (Å²) >= 11 is 5.80. The van der Waals surface area contributed by atoms with Crippen LogP contribution < -0.4 is 4.90 Å². The SMILES string of the molecule is CC1CCCC(N(C)c2cc(F)cc(CCl)c2)C1. The number of halogens is 2. The molecule has 3 heteroatoms. The van der Waals surface area contributed by atoms with Crippen LogP contribution in [0.15, 0.2) is 18.2 Å². The maximum Gasteiger partial charge on any atom is 0.125 e. The normalized spacial score (nSPS) is 24.0. The molecule has 0 saturated heterocycles. The van der Waals surface area contributed by atoms with Crippen LogP contribution in [0.3, 0.4) is 0 Å². The van der Waals surface area contributed by atoms with Crippen LogP contribution in [0.2, 0.25) is 0 Å². The average molecular weight is 270 g/mol. The number of rotatable bonds is 3. The minimum absolute atomic E-state index is 0.196. The summed E-state index contributed by atoms with van der Waals surface area (Å²) in [4.78, 5) is 2.22. The summed E-state index contributed by atoms with van der Waals surface area (Å²) in [5, 5.41) is 0. The summed E-state index contributed by atoms with van der Waals surface area (Å²) in [5.41, 5.74) is 1.80. The van der Waals surface area contributed by atoms with Gasteiger partial charge in [0, 0.05) is 24.7 Å². The van der Waals surface area contributed by atoms with Crippen molar-refractivity contribution in [2.45, 2.75) is 44.5 Å². The Morgan fingerprint density at radius 1 is 1.33 bits per heavy atom. The van der Waals surface area contributed by atoms with Crippen LogP contribution in [-0.2, 0) is 5.88 Å². The molecule has 1 saturated carbocycles. The number of alkyl halides is 1. The van der Waals surface area contributed by atoms with Crippen LogP contribution in [0.1, 0.15) is 38.2 Å². The lowest BCUT2D eigenvalue weighted by Crippen LogP contribution is -2.35. The van der Waals surface area contributed by atoms with Gasteiger partial charge in [0.05, 0.1) is 0 Å². The summed E-state index contributed by atoms with van der Waals surface area (Å²) in [6.45, 7) is 2.30. The highest BCUT2D eigenvalue weighted by atomic mass is 35.5. The molecule has 1 fully saturated rings. The first-order valence-electron chi connectivity index (χ1n) is 6.68. The van der Waals surface area contributed by atoms with E-state index in [1.54, 1.807) is 6.07 Å². The molecule has 0 amide bonds. The van der Waals surface area contributed by atoms with E-state index in [9.17, 15) is 4.39 Å². The molecule has 1 aliphatic carbocycles. The van der Waals surface area contributed by atoms with E-state index in [2.05, 4.69) is 18.9 Å². The molecule has 1 nitrogen and oxygen atoms in total. The Hall–Kier alpha value is -0.760. The first kappa shape index (κ1) is 13.7. The summed E-state index contributed by atoms with van der Waals surface area (Å²) in [6, 6.07) is 5.64. The third-order valence-electron chi connectivity index (χ3n) is 3.96. The summed E-state index contributed by atoms with van der Waals surface area (Å²) < 4.78 is 13.5. The monoisotopic (exact) mass is 269 g/mol. The molecule has 1 aromatic rings. The van der Waals surface area contributed by atoms with Crippen LogP contribution in [0, 0.1) is 11.7 Å². The standard InChI is InChI=1S/C15H21ClFN/c1-11-4-3-5-14(6-11)18(2)15-8-12(10-16)7-13(17)9-15/h7-9,11,14H,3-6,10H2,1-2H3. The lowest BCUT2D eigenvalue weighted by molar-refractivity contribution is 0.336. The minimum atomic E-state index is -0.196. The zero-order valence-electron chi connectivity index (χ0n) is 11.1. The van der Waals surface area contributed by atoms with E-state index in [0.29, 0.717) is 11.9 Å². The van der Waals surface area contributed by atoms with Gasteiger partial charge in [0.2, 0.25) is 0 Å². The molecule has 2 unspecified atom stereocenters. The molecule has 0 N–H and O–H groups in total. The highest BCUT2D eigenvalue weighted by Crippen LogP contribution is 2.30. The largest absolute Gasteiger partial charge is 0.372 e. The maximum atomic E-state index is 13.5. The van der Waals surface area contributed by atoms with Crippen LogP contribution >= 0.6 is 11.6 Å². The highest BCUT2D eigenvalue weighted by Gasteiger charge is 2.23. The van der Waals surface area contributed by atoms with Crippen molar-refractivity contribution in [1.82, 2.24) is 0 Å². The molecule has 0 radical (unpaired) electrons. The van der Waals surface area contributed by atoms with Crippen LogP contribution in [0.25, 0.3) is 0 Å². The molecule has 2 rings (SSSR count). The number of benzene rings is 1. The minimum Gasteiger partial charge on any atom is -0.372 e. The van der Waals surface area contributed by atoms with Gasteiger partial charge in [-0.1, -0.05) is 19.8 Å². The lowest BCUT2D eigenvalue weighted by Gasteiger charge is -2.35. The van der Waals surface area contributed by atoms with Gasteiger partial charge in [0.1, 0.15) is 5.82 Å². The molecule has 0 aromatic heterocycles. The Bertz CT molecular complexity index is 407. The van der Waals surface area contributed by atoms with Crippen molar-refractivity contribution >= 4 is 17.3 Å². The second-order valence-electron chi connectivity index (χ2n) is 5.49. The van der Waals surface area contributed by atoms with Crippen molar-refractivity contribution in [1.29, 1.82) is 0 Å². The van der Waals surface area contributed by atoms with E-state index in [1.165, 1.54) is 31.7 Å². The summed E-state index contributed by atoms with van der Waals surface area (Å²) in [7, 11) is 2.06. The third kappa shape index (κ3) is 3.17. The fraction of sp³-hybridized carbons (Fsp3) is 0.600. The van der Waals surface area contributed by atoms with Gasteiger partial charge in [-0.3, -0.25) is 0 Å². The van der Waals surface area contributed by atoms with Crippen LogP contribution in [-0.4, -0.2) is 13.1 Å². The fourth-order valence-electron chi connectivity index (χ4n) is 2.88. The Labute approximate surface area is 114 Å². The van der Waals surface area contributed by atoms with E-state index in [0.717, 1.165) is 17.2 Å². The van der Waals surface area contributed by atoms with Gasteiger partial charge >= 0.3 is 0 Å². The zero-order valence-corrected chi connectivity index (χ0v) is 11.9. The van der Waals surface area contributed by atoms with E-state index >= 15 is 0 Å². The molecule has 1 aromatic carbocycles.